The zero-order valence-corrected chi connectivity index (χ0v) is 18.8. The Bertz CT molecular complexity index is 1380. The van der Waals surface area contributed by atoms with Crippen LogP contribution in [0.25, 0.3) is 16.7 Å². The number of hydrogen-bond donors (Lipinski definition) is 1. The SMILES string of the molecule is Cc1cc(C)c2nc(-n3ncc(C#N)c3NC(=O)CCC(=O)c3cccs3)cc(C)c2c1. The Morgan fingerprint density at radius 3 is 2.69 bits per heavy atom. The van der Waals surface area contributed by atoms with Crippen molar-refractivity contribution in [2.24, 2.45) is 0 Å². The van der Waals surface area contributed by atoms with Crippen LogP contribution >= 0.6 is 11.3 Å². The van der Waals surface area contributed by atoms with E-state index in [0.717, 1.165) is 27.6 Å². The van der Waals surface area contributed by atoms with Gasteiger partial charge >= 0.3 is 0 Å². The lowest BCUT2D eigenvalue weighted by molar-refractivity contribution is -0.116. The molecule has 0 atom stereocenters. The molecule has 0 saturated carbocycles. The van der Waals surface area contributed by atoms with Crippen molar-refractivity contribution in [3.05, 3.63) is 69.0 Å². The maximum atomic E-state index is 12.6. The third-order valence-corrected chi connectivity index (χ3v) is 6.09. The number of aryl methyl sites for hydroxylation is 3. The molecule has 1 amide bonds. The Kier molecular flexibility index (Phi) is 5.84. The van der Waals surface area contributed by atoms with Gasteiger partial charge in [0.1, 0.15) is 11.6 Å². The molecule has 7 nitrogen and oxygen atoms in total. The number of rotatable bonds is 6. The maximum absolute atomic E-state index is 12.6. The quantitative estimate of drug-likeness (QED) is 0.428. The van der Waals surface area contributed by atoms with E-state index in [-0.39, 0.29) is 35.9 Å². The summed E-state index contributed by atoms with van der Waals surface area (Å²) in [4.78, 5) is 30.2. The lowest BCUT2D eigenvalue weighted by Gasteiger charge is -2.12. The van der Waals surface area contributed by atoms with Crippen molar-refractivity contribution in [2.75, 3.05) is 5.32 Å². The van der Waals surface area contributed by atoms with E-state index >= 15 is 0 Å². The molecule has 0 fully saturated rings. The van der Waals surface area contributed by atoms with Crippen molar-refractivity contribution < 1.29 is 9.59 Å². The minimum Gasteiger partial charge on any atom is -0.309 e. The predicted molar refractivity (Wildman–Crippen MR) is 124 cm³/mol. The number of carbonyl (C=O) groups excluding carboxylic acids is 2. The summed E-state index contributed by atoms with van der Waals surface area (Å²) in [6.07, 6.45) is 1.50. The van der Waals surface area contributed by atoms with Crippen LogP contribution in [-0.2, 0) is 4.79 Å². The van der Waals surface area contributed by atoms with Crippen molar-refractivity contribution in [1.29, 1.82) is 5.26 Å². The minimum atomic E-state index is -0.363. The molecule has 0 aliphatic rings. The average Bonchev–Trinajstić information content (AvgIpc) is 3.43. The van der Waals surface area contributed by atoms with E-state index < -0.39 is 0 Å². The van der Waals surface area contributed by atoms with Crippen LogP contribution in [0.5, 0.6) is 0 Å². The molecule has 0 radical (unpaired) electrons. The first-order chi connectivity index (χ1) is 15.4. The summed E-state index contributed by atoms with van der Waals surface area (Å²) in [6.45, 7) is 6.04. The third kappa shape index (κ3) is 4.15. The molecular weight excluding hydrogens is 422 g/mol. The lowest BCUT2D eigenvalue weighted by Crippen LogP contribution is -2.17. The zero-order valence-electron chi connectivity index (χ0n) is 18.0. The van der Waals surface area contributed by atoms with Crippen molar-refractivity contribution in [1.82, 2.24) is 14.8 Å². The molecule has 4 rings (SSSR count). The third-order valence-electron chi connectivity index (χ3n) is 5.18. The summed E-state index contributed by atoms with van der Waals surface area (Å²) in [5, 5.41) is 19.4. The average molecular weight is 444 g/mol. The van der Waals surface area contributed by atoms with Gasteiger partial charge in [0.25, 0.3) is 0 Å². The van der Waals surface area contributed by atoms with Crippen LogP contribution in [0.15, 0.2) is 41.9 Å². The summed E-state index contributed by atoms with van der Waals surface area (Å²) >= 11 is 1.35. The topological polar surface area (TPSA) is 101 Å². The Hall–Kier alpha value is -3.83. The van der Waals surface area contributed by atoms with Gasteiger partial charge in [0, 0.05) is 18.2 Å². The Morgan fingerprint density at radius 1 is 1.16 bits per heavy atom. The highest BCUT2D eigenvalue weighted by molar-refractivity contribution is 7.12. The largest absolute Gasteiger partial charge is 0.309 e. The molecule has 4 aromatic rings. The van der Waals surface area contributed by atoms with Crippen LogP contribution in [0.4, 0.5) is 5.82 Å². The van der Waals surface area contributed by atoms with E-state index in [1.165, 1.54) is 22.2 Å². The van der Waals surface area contributed by atoms with Crippen LogP contribution in [0.1, 0.15) is 44.8 Å². The highest BCUT2D eigenvalue weighted by atomic mass is 32.1. The predicted octanol–water partition coefficient (Wildman–Crippen LogP) is 4.88. The molecule has 0 aliphatic heterocycles. The fourth-order valence-corrected chi connectivity index (χ4v) is 4.34. The van der Waals surface area contributed by atoms with Gasteiger partial charge in [-0.2, -0.15) is 15.0 Å². The number of Topliss-reactive ketones (excluding diaryl/α,β-unsaturated/α-hetero) is 1. The number of nitriles is 1. The number of aromatic nitrogens is 3. The van der Waals surface area contributed by atoms with E-state index in [1.807, 2.05) is 32.2 Å². The molecule has 3 aromatic heterocycles. The molecule has 160 valence electrons. The molecule has 0 saturated heterocycles. The Morgan fingerprint density at radius 2 is 1.97 bits per heavy atom. The smallest absolute Gasteiger partial charge is 0.226 e. The molecule has 3 heterocycles. The number of amides is 1. The summed E-state index contributed by atoms with van der Waals surface area (Å²) < 4.78 is 1.46. The van der Waals surface area contributed by atoms with Gasteiger partial charge in [-0.15, -0.1) is 11.3 Å². The van der Waals surface area contributed by atoms with Gasteiger partial charge < -0.3 is 5.32 Å². The highest BCUT2D eigenvalue weighted by Gasteiger charge is 2.18. The van der Waals surface area contributed by atoms with Crippen molar-refractivity contribution >= 4 is 39.7 Å². The second kappa shape index (κ2) is 8.73. The van der Waals surface area contributed by atoms with Gasteiger partial charge in [0.05, 0.1) is 16.6 Å². The molecule has 1 N–H and O–H groups in total. The molecule has 0 spiro atoms. The van der Waals surface area contributed by atoms with Gasteiger partial charge in [-0.3, -0.25) is 9.59 Å². The van der Waals surface area contributed by atoms with Crippen molar-refractivity contribution in [3.8, 4) is 11.9 Å². The molecule has 1 aromatic carbocycles. The second-order valence-corrected chi connectivity index (χ2v) is 8.60. The molecule has 0 bridgehead atoms. The normalized spacial score (nSPS) is 10.8. The number of hydrogen-bond acceptors (Lipinski definition) is 6. The summed E-state index contributed by atoms with van der Waals surface area (Å²) in [6, 6.07) is 11.6. The number of nitrogens with one attached hydrogen (secondary N) is 1. The Balaban J connectivity index is 1.63. The molecule has 8 heteroatoms. The number of benzene rings is 1. The summed E-state index contributed by atoms with van der Waals surface area (Å²) in [5.74, 6) is 0.310. The number of fused-ring (bicyclic) bond motifs is 1. The first-order valence-electron chi connectivity index (χ1n) is 10.1. The van der Waals surface area contributed by atoms with Crippen LogP contribution in [-0.4, -0.2) is 26.5 Å². The minimum absolute atomic E-state index is 0.00927. The van der Waals surface area contributed by atoms with E-state index in [9.17, 15) is 14.9 Å². The zero-order chi connectivity index (χ0) is 22.8. The molecule has 0 aliphatic carbocycles. The van der Waals surface area contributed by atoms with Gasteiger partial charge in [0.15, 0.2) is 17.4 Å². The van der Waals surface area contributed by atoms with Crippen molar-refractivity contribution in [3.63, 3.8) is 0 Å². The van der Waals surface area contributed by atoms with Crippen LogP contribution in [0.3, 0.4) is 0 Å². The van der Waals surface area contributed by atoms with Gasteiger partial charge in [0.2, 0.25) is 5.91 Å². The van der Waals surface area contributed by atoms with Crippen LogP contribution in [0.2, 0.25) is 0 Å². The number of thiophene rings is 1. The van der Waals surface area contributed by atoms with E-state index in [4.69, 9.17) is 4.98 Å². The maximum Gasteiger partial charge on any atom is 0.226 e. The number of nitrogens with zero attached hydrogens (tertiary/aromatic N) is 4. The van der Waals surface area contributed by atoms with E-state index in [1.54, 1.807) is 12.1 Å². The van der Waals surface area contributed by atoms with Crippen LogP contribution < -0.4 is 5.32 Å². The molecule has 0 unspecified atom stereocenters. The fraction of sp³-hybridized carbons (Fsp3) is 0.208. The highest BCUT2D eigenvalue weighted by Crippen LogP contribution is 2.26. The first-order valence-corrected chi connectivity index (χ1v) is 11.0. The first kappa shape index (κ1) is 21.4. The van der Waals surface area contributed by atoms with Crippen LogP contribution in [0, 0.1) is 32.1 Å². The monoisotopic (exact) mass is 443 g/mol. The van der Waals surface area contributed by atoms with E-state index in [0.29, 0.717) is 10.7 Å². The second-order valence-electron chi connectivity index (χ2n) is 7.65. The standard InChI is InChI=1S/C24H21N5O2S/c1-14-9-16(3)23-18(10-14)15(2)11-21(27-23)29-24(17(12-25)13-26-29)28-22(31)7-6-19(30)20-5-4-8-32-20/h4-5,8-11,13H,6-7H2,1-3H3,(H,28,31). The number of ketones is 1. The van der Waals surface area contributed by atoms with E-state index in [2.05, 4.69) is 28.6 Å². The lowest BCUT2D eigenvalue weighted by atomic mass is 10.0. The Labute approximate surface area is 189 Å². The van der Waals surface area contributed by atoms with Gasteiger partial charge in [-0.05, 0) is 55.5 Å². The number of anilines is 1. The summed E-state index contributed by atoms with van der Waals surface area (Å²) in [5.41, 5.74) is 4.28. The number of pyridine rings is 1. The summed E-state index contributed by atoms with van der Waals surface area (Å²) in [7, 11) is 0. The number of carbonyl (C=O) groups is 2. The molecule has 32 heavy (non-hydrogen) atoms. The fourth-order valence-electron chi connectivity index (χ4n) is 3.64. The van der Waals surface area contributed by atoms with Crippen molar-refractivity contribution in [2.45, 2.75) is 33.6 Å². The van der Waals surface area contributed by atoms with Gasteiger partial charge in [-0.1, -0.05) is 17.7 Å². The van der Waals surface area contributed by atoms with Gasteiger partial charge in [-0.25, -0.2) is 4.98 Å². The molecular formula is C24H21N5O2S.